The molecule has 0 radical (unpaired) electrons. The van der Waals surface area contributed by atoms with Crippen LogP contribution in [0.4, 0.5) is 11.5 Å². The number of rotatable bonds is 6. The summed E-state index contributed by atoms with van der Waals surface area (Å²) in [6.45, 7) is 9.38. The number of Topliss-reactive ketones (excluding diaryl/α,β-unsaturated/α-hetero) is 1. The number of aromatic nitrogens is 2. The summed E-state index contributed by atoms with van der Waals surface area (Å²) < 4.78 is 0. The molecular formula is C23H22N4O. The van der Waals surface area contributed by atoms with Gasteiger partial charge in [0.15, 0.2) is 5.78 Å². The van der Waals surface area contributed by atoms with Gasteiger partial charge in [0.1, 0.15) is 11.5 Å². The number of allylic oxidation sites excluding steroid dienone is 1. The van der Waals surface area contributed by atoms with Gasteiger partial charge in [0.25, 0.3) is 0 Å². The molecule has 0 aliphatic heterocycles. The Kier molecular flexibility index (Phi) is 5.45. The third kappa shape index (κ3) is 4.04. The summed E-state index contributed by atoms with van der Waals surface area (Å²) in [4.78, 5) is 20.7. The Bertz CT molecular complexity index is 1090. The maximum atomic E-state index is 11.7. The maximum Gasteiger partial charge on any atom is 0.178 e. The molecule has 0 amide bonds. The Hall–Kier alpha value is -3.60. The molecule has 2 aromatic heterocycles. The zero-order valence-corrected chi connectivity index (χ0v) is 16.2. The van der Waals surface area contributed by atoms with Crippen LogP contribution in [-0.4, -0.2) is 22.0 Å². The van der Waals surface area contributed by atoms with E-state index in [2.05, 4.69) is 21.9 Å². The van der Waals surface area contributed by atoms with Gasteiger partial charge in [-0.25, -0.2) is 9.97 Å². The first-order chi connectivity index (χ1) is 13.4. The van der Waals surface area contributed by atoms with Crippen LogP contribution in [0.15, 0.2) is 55.1 Å². The molecule has 5 nitrogen and oxygen atoms in total. The van der Waals surface area contributed by atoms with E-state index in [9.17, 15) is 4.79 Å². The van der Waals surface area contributed by atoms with Crippen LogP contribution < -0.4 is 5.32 Å². The molecule has 0 saturated heterocycles. The molecule has 0 bridgehead atoms. The highest BCUT2D eigenvalue weighted by Crippen LogP contribution is 2.32. The van der Waals surface area contributed by atoms with E-state index in [-0.39, 0.29) is 5.78 Å². The van der Waals surface area contributed by atoms with E-state index in [1.165, 1.54) is 13.1 Å². The van der Waals surface area contributed by atoms with Crippen LogP contribution in [0.1, 0.15) is 41.2 Å². The number of carbonyl (C=O) groups is 1. The largest absolute Gasteiger partial charge is 0.340 e. The standard InChI is InChI=1S/C23H22N4O/c1-14(2)18-11-17(21-9-6-8-20(26-21)16(4)28)12-22(19(18)13-24)27-23-10-5-7-15(3)25-23/h5-13,24H,1H2,2-4H3,(H,25,27). The van der Waals surface area contributed by atoms with Gasteiger partial charge in [-0.2, -0.15) is 0 Å². The van der Waals surface area contributed by atoms with E-state index >= 15 is 0 Å². The molecule has 0 saturated carbocycles. The van der Waals surface area contributed by atoms with Gasteiger partial charge in [-0.3, -0.25) is 4.79 Å². The molecule has 0 aliphatic rings. The van der Waals surface area contributed by atoms with Gasteiger partial charge >= 0.3 is 0 Å². The second kappa shape index (κ2) is 7.96. The topological polar surface area (TPSA) is 78.7 Å². The zero-order chi connectivity index (χ0) is 20.3. The molecule has 0 unspecified atom stereocenters. The van der Waals surface area contributed by atoms with Crippen molar-refractivity contribution in [1.29, 1.82) is 5.41 Å². The van der Waals surface area contributed by atoms with Gasteiger partial charge in [0, 0.05) is 35.6 Å². The average Bonchev–Trinajstić information content (AvgIpc) is 2.67. The second-order valence-corrected chi connectivity index (χ2v) is 6.66. The maximum absolute atomic E-state index is 11.7. The number of carbonyl (C=O) groups excluding carboxylic acids is 1. The molecule has 0 aliphatic carbocycles. The van der Waals surface area contributed by atoms with E-state index in [0.29, 0.717) is 17.2 Å². The number of nitrogens with zero attached hydrogens (tertiary/aromatic N) is 2. The highest BCUT2D eigenvalue weighted by molar-refractivity contribution is 5.96. The number of benzene rings is 1. The van der Waals surface area contributed by atoms with Crippen molar-refractivity contribution in [3.63, 3.8) is 0 Å². The van der Waals surface area contributed by atoms with Gasteiger partial charge in [0.05, 0.1) is 5.69 Å². The second-order valence-electron chi connectivity index (χ2n) is 6.66. The lowest BCUT2D eigenvalue weighted by atomic mass is 9.96. The van der Waals surface area contributed by atoms with Gasteiger partial charge in [-0.1, -0.05) is 24.3 Å². The van der Waals surface area contributed by atoms with Crippen LogP contribution in [0, 0.1) is 12.3 Å². The predicted octanol–water partition coefficient (Wildman–Crippen LogP) is 5.43. The van der Waals surface area contributed by atoms with Crippen molar-refractivity contribution < 1.29 is 4.79 Å². The lowest BCUT2D eigenvalue weighted by molar-refractivity contribution is 0.101. The molecule has 0 spiro atoms. The first kappa shape index (κ1) is 19.2. The summed E-state index contributed by atoms with van der Waals surface area (Å²) in [5, 5.41) is 11.2. The number of anilines is 2. The van der Waals surface area contributed by atoms with Crippen LogP contribution >= 0.6 is 0 Å². The fourth-order valence-electron chi connectivity index (χ4n) is 2.96. The van der Waals surface area contributed by atoms with Crippen LogP contribution in [0.3, 0.4) is 0 Å². The molecule has 28 heavy (non-hydrogen) atoms. The van der Waals surface area contributed by atoms with Crippen molar-refractivity contribution >= 4 is 29.1 Å². The SMILES string of the molecule is C=C(C)c1cc(-c2cccc(C(C)=O)n2)cc(Nc2cccc(C)n2)c1C=N. The third-order valence-corrected chi connectivity index (χ3v) is 4.34. The smallest absolute Gasteiger partial charge is 0.178 e. The van der Waals surface area contributed by atoms with Crippen LogP contribution in [0.2, 0.25) is 0 Å². The van der Waals surface area contributed by atoms with Crippen molar-refractivity contribution in [3.05, 3.63) is 77.6 Å². The van der Waals surface area contributed by atoms with Crippen molar-refractivity contribution in [2.45, 2.75) is 20.8 Å². The van der Waals surface area contributed by atoms with E-state index in [0.717, 1.165) is 33.6 Å². The van der Waals surface area contributed by atoms with E-state index < -0.39 is 0 Å². The summed E-state index contributed by atoms with van der Waals surface area (Å²) in [6, 6.07) is 15.0. The number of pyridine rings is 2. The monoisotopic (exact) mass is 370 g/mol. The van der Waals surface area contributed by atoms with E-state index in [1.807, 2.05) is 56.3 Å². The fourth-order valence-corrected chi connectivity index (χ4v) is 2.96. The van der Waals surface area contributed by atoms with Gasteiger partial charge in [0.2, 0.25) is 0 Å². The van der Waals surface area contributed by atoms with Crippen LogP contribution in [-0.2, 0) is 0 Å². The Labute approximate surface area is 164 Å². The molecule has 0 atom stereocenters. The highest BCUT2D eigenvalue weighted by Gasteiger charge is 2.14. The van der Waals surface area contributed by atoms with Crippen molar-refractivity contribution in [2.24, 2.45) is 0 Å². The molecule has 1 aromatic carbocycles. The molecule has 2 N–H and O–H groups in total. The van der Waals surface area contributed by atoms with E-state index in [4.69, 9.17) is 5.41 Å². The normalized spacial score (nSPS) is 10.4. The molecular weight excluding hydrogens is 348 g/mol. The zero-order valence-electron chi connectivity index (χ0n) is 16.2. The van der Waals surface area contributed by atoms with Crippen LogP contribution in [0.5, 0.6) is 0 Å². The number of hydrogen-bond acceptors (Lipinski definition) is 5. The summed E-state index contributed by atoms with van der Waals surface area (Å²) in [5.41, 5.74) is 5.98. The highest BCUT2D eigenvalue weighted by atomic mass is 16.1. The Morgan fingerprint density at radius 2 is 1.86 bits per heavy atom. The number of nitrogens with one attached hydrogen (secondary N) is 2. The molecule has 140 valence electrons. The summed E-state index contributed by atoms with van der Waals surface area (Å²) in [7, 11) is 0. The van der Waals surface area contributed by atoms with Gasteiger partial charge < -0.3 is 10.7 Å². The number of ketones is 1. The Morgan fingerprint density at radius 3 is 2.50 bits per heavy atom. The quantitative estimate of drug-likeness (QED) is 0.448. The summed E-state index contributed by atoms with van der Waals surface area (Å²) >= 11 is 0. The van der Waals surface area contributed by atoms with Crippen LogP contribution in [0.25, 0.3) is 16.8 Å². The first-order valence-corrected chi connectivity index (χ1v) is 8.92. The van der Waals surface area contributed by atoms with E-state index in [1.54, 1.807) is 6.07 Å². The fraction of sp³-hybridized carbons (Fsp3) is 0.130. The Morgan fingerprint density at radius 1 is 1.11 bits per heavy atom. The average molecular weight is 370 g/mol. The number of aryl methyl sites for hydroxylation is 1. The minimum atomic E-state index is -0.0830. The molecule has 2 heterocycles. The predicted molar refractivity (Wildman–Crippen MR) is 115 cm³/mol. The first-order valence-electron chi connectivity index (χ1n) is 8.92. The van der Waals surface area contributed by atoms with Gasteiger partial charge in [-0.15, -0.1) is 0 Å². The summed E-state index contributed by atoms with van der Waals surface area (Å²) in [6.07, 6.45) is 1.31. The van der Waals surface area contributed by atoms with Gasteiger partial charge in [-0.05, 0) is 55.8 Å². The van der Waals surface area contributed by atoms with Crippen molar-refractivity contribution in [2.75, 3.05) is 5.32 Å². The molecule has 3 aromatic rings. The molecule has 3 rings (SSSR count). The lowest BCUT2D eigenvalue weighted by Gasteiger charge is -2.16. The number of hydrogen-bond donors (Lipinski definition) is 2. The molecule has 5 heteroatoms. The minimum absolute atomic E-state index is 0.0830. The minimum Gasteiger partial charge on any atom is -0.340 e. The summed E-state index contributed by atoms with van der Waals surface area (Å²) in [5.74, 6) is 0.610. The van der Waals surface area contributed by atoms with Crippen molar-refractivity contribution in [3.8, 4) is 11.3 Å². The molecule has 0 fully saturated rings. The van der Waals surface area contributed by atoms with Crippen molar-refractivity contribution in [1.82, 2.24) is 9.97 Å². The lowest BCUT2D eigenvalue weighted by Crippen LogP contribution is -2.03. The third-order valence-electron chi connectivity index (χ3n) is 4.34. The Balaban J connectivity index is 2.18.